The second kappa shape index (κ2) is 19.6. The first-order chi connectivity index (χ1) is 15.3. The monoisotopic (exact) mass is 455 g/mol. The molecule has 2 atom stereocenters. The molecule has 0 rings (SSSR count). The van der Waals surface area contributed by atoms with Crippen molar-refractivity contribution < 1.29 is 23.9 Å². The maximum atomic E-state index is 12.4. The van der Waals surface area contributed by atoms with Gasteiger partial charge >= 0.3 is 5.97 Å². The molecule has 0 saturated heterocycles. The molecule has 0 aliphatic carbocycles. The lowest BCUT2D eigenvalue weighted by atomic mass is 10.0. The van der Waals surface area contributed by atoms with Gasteiger partial charge in [-0.2, -0.15) is 0 Å². The number of amides is 3. The number of rotatable bonds is 20. The molecular weight excluding hydrogens is 410 g/mol. The number of hydrogen-bond donors (Lipinski definition) is 3. The summed E-state index contributed by atoms with van der Waals surface area (Å²) in [6.45, 7) is 3.97. The van der Waals surface area contributed by atoms with Crippen LogP contribution in [0.5, 0.6) is 0 Å². The Morgan fingerprint density at radius 2 is 1.34 bits per heavy atom. The summed E-state index contributed by atoms with van der Waals surface area (Å²) in [4.78, 5) is 47.2. The highest BCUT2D eigenvalue weighted by atomic mass is 16.5. The van der Waals surface area contributed by atoms with E-state index in [1.165, 1.54) is 58.5 Å². The molecule has 0 saturated carbocycles. The molecule has 0 radical (unpaired) electrons. The summed E-state index contributed by atoms with van der Waals surface area (Å²) >= 11 is 0. The van der Waals surface area contributed by atoms with Crippen molar-refractivity contribution in [2.75, 3.05) is 7.11 Å². The van der Waals surface area contributed by atoms with Crippen LogP contribution in [-0.2, 0) is 23.9 Å². The number of nitrogens with two attached hydrogens (primary N) is 1. The first kappa shape index (κ1) is 29.9. The van der Waals surface area contributed by atoms with Crippen LogP contribution in [0.3, 0.4) is 0 Å². The Morgan fingerprint density at radius 1 is 0.812 bits per heavy atom. The molecule has 0 aliphatic rings. The second-order valence-corrected chi connectivity index (χ2v) is 8.60. The van der Waals surface area contributed by atoms with Crippen LogP contribution in [-0.4, -0.2) is 42.9 Å². The zero-order valence-electron chi connectivity index (χ0n) is 20.4. The van der Waals surface area contributed by atoms with Crippen LogP contribution in [0, 0.1) is 0 Å². The molecule has 186 valence electrons. The van der Waals surface area contributed by atoms with Gasteiger partial charge in [0.25, 0.3) is 0 Å². The summed E-state index contributed by atoms with van der Waals surface area (Å²) in [5.41, 5.74) is 5.24. The number of ether oxygens (including phenoxy) is 1. The van der Waals surface area contributed by atoms with Crippen molar-refractivity contribution in [3.05, 3.63) is 0 Å². The van der Waals surface area contributed by atoms with Crippen LogP contribution in [0.2, 0.25) is 0 Å². The van der Waals surface area contributed by atoms with Gasteiger partial charge in [0.15, 0.2) is 0 Å². The van der Waals surface area contributed by atoms with Gasteiger partial charge in [0.2, 0.25) is 17.7 Å². The molecule has 0 aliphatic heterocycles. The van der Waals surface area contributed by atoms with E-state index in [1.807, 2.05) is 0 Å². The van der Waals surface area contributed by atoms with Crippen LogP contribution >= 0.6 is 0 Å². The van der Waals surface area contributed by atoms with Gasteiger partial charge in [0.1, 0.15) is 6.04 Å². The van der Waals surface area contributed by atoms with Gasteiger partial charge in [-0.05, 0) is 19.8 Å². The maximum Gasteiger partial charge on any atom is 0.305 e. The number of unbranched alkanes of at least 4 members (excludes halogenated alkanes) is 10. The van der Waals surface area contributed by atoms with Crippen LogP contribution in [0.4, 0.5) is 0 Å². The molecule has 2 unspecified atom stereocenters. The Morgan fingerprint density at radius 3 is 1.84 bits per heavy atom. The zero-order chi connectivity index (χ0) is 24.2. The van der Waals surface area contributed by atoms with Gasteiger partial charge in [0.05, 0.1) is 13.5 Å². The van der Waals surface area contributed by atoms with Gasteiger partial charge < -0.3 is 21.1 Å². The number of nitrogens with one attached hydrogen (secondary N) is 2. The average Bonchev–Trinajstić information content (AvgIpc) is 2.74. The fraction of sp³-hybridized carbons (Fsp3) is 0.833. The number of methoxy groups -OCH3 is 1. The molecule has 0 spiro atoms. The summed E-state index contributed by atoms with van der Waals surface area (Å²) < 4.78 is 4.58. The minimum Gasteiger partial charge on any atom is -0.469 e. The van der Waals surface area contributed by atoms with Crippen molar-refractivity contribution in [3.8, 4) is 0 Å². The van der Waals surface area contributed by atoms with E-state index in [2.05, 4.69) is 22.3 Å². The van der Waals surface area contributed by atoms with E-state index < -0.39 is 17.9 Å². The molecule has 0 bridgehead atoms. The number of carbonyl (C=O) groups excluding carboxylic acids is 4. The summed E-state index contributed by atoms with van der Waals surface area (Å²) in [6, 6.07) is -1.31. The van der Waals surface area contributed by atoms with Crippen molar-refractivity contribution in [3.63, 3.8) is 0 Å². The van der Waals surface area contributed by atoms with E-state index in [0.717, 1.165) is 19.3 Å². The largest absolute Gasteiger partial charge is 0.469 e. The summed E-state index contributed by atoms with van der Waals surface area (Å²) in [7, 11) is 1.31. The van der Waals surface area contributed by atoms with Crippen molar-refractivity contribution >= 4 is 23.7 Å². The summed E-state index contributed by atoms with van der Waals surface area (Å²) in [5.74, 6) is -1.76. The summed E-state index contributed by atoms with van der Waals surface area (Å²) in [6.07, 6.45) is 13.8. The lowest BCUT2D eigenvalue weighted by Crippen LogP contribution is -2.50. The third kappa shape index (κ3) is 17.5. The summed E-state index contributed by atoms with van der Waals surface area (Å²) in [5, 5.41) is 5.33. The quantitative estimate of drug-likeness (QED) is 0.191. The Labute approximate surface area is 193 Å². The van der Waals surface area contributed by atoms with Crippen LogP contribution in [0.1, 0.15) is 110 Å². The lowest BCUT2D eigenvalue weighted by molar-refractivity contribution is -0.141. The Bertz CT molecular complexity index is 554. The number of primary amides is 1. The highest BCUT2D eigenvalue weighted by Gasteiger charge is 2.24. The fourth-order valence-corrected chi connectivity index (χ4v) is 3.48. The van der Waals surface area contributed by atoms with E-state index >= 15 is 0 Å². The van der Waals surface area contributed by atoms with E-state index in [9.17, 15) is 19.2 Å². The second-order valence-electron chi connectivity index (χ2n) is 8.60. The predicted octanol–water partition coefficient (Wildman–Crippen LogP) is 3.51. The molecule has 0 aromatic carbocycles. The fourth-order valence-electron chi connectivity index (χ4n) is 3.48. The molecule has 8 heteroatoms. The SMILES string of the molecule is CCCCCCCCCCCCCC(=O)NC(CC(N)=O)C(=O)NC(C)CCC(=O)OC. The van der Waals surface area contributed by atoms with E-state index in [-0.39, 0.29) is 30.8 Å². The molecule has 3 amide bonds. The van der Waals surface area contributed by atoms with Gasteiger partial charge in [-0.3, -0.25) is 19.2 Å². The van der Waals surface area contributed by atoms with E-state index in [4.69, 9.17) is 5.73 Å². The zero-order valence-corrected chi connectivity index (χ0v) is 20.4. The third-order valence-electron chi connectivity index (χ3n) is 5.46. The van der Waals surface area contributed by atoms with Crippen molar-refractivity contribution in [1.82, 2.24) is 10.6 Å². The van der Waals surface area contributed by atoms with Crippen LogP contribution in [0.15, 0.2) is 0 Å². The number of carbonyl (C=O) groups is 4. The third-order valence-corrected chi connectivity index (χ3v) is 5.46. The predicted molar refractivity (Wildman–Crippen MR) is 126 cm³/mol. The smallest absolute Gasteiger partial charge is 0.305 e. The van der Waals surface area contributed by atoms with Gasteiger partial charge in [-0.1, -0.05) is 71.1 Å². The molecule has 32 heavy (non-hydrogen) atoms. The normalized spacial score (nSPS) is 12.6. The Kier molecular flexibility index (Phi) is 18.3. The molecule has 4 N–H and O–H groups in total. The van der Waals surface area contributed by atoms with Crippen LogP contribution in [0.25, 0.3) is 0 Å². The minimum absolute atomic E-state index is 0.170. The average molecular weight is 456 g/mol. The lowest BCUT2D eigenvalue weighted by Gasteiger charge is -2.20. The Hall–Kier alpha value is -2.12. The highest BCUT2D eigenvalue weighted by molar-refractivity contribution is 5.91. The maximum absolute atomic E-state index is 12.4. The highest BCUT2D eigenvalue weighted by Crippen LogP contribution is 2.12. The van der Waals surface area contributed by atoms with Gasteiger partial charge in [-0.15, -0.1) is 0 Å². The van der Waals surface area contributed by atoms with Crippen molar-refractivity contribution in [1.29, 1.82) is 0 Å². The van der Waals surface area contributed by atoms with Crippen LogP contribution < -0.4 is 16.4 Å². The van der Waals surface area contributed by atoms with Gasteiger partial charge in [0, 0.05) is 18.9 Å². The minimum atomic E-state index is -1.01. The number of hydrogen-bond acceptors (Lipinski definition) is 5. The molecule has 0 heterocycles. The van der Waals surface area contributed by atoms with Crippen molar-refractivity contribution in [2.24, 2.45) is 5.73 Å². The number of esters is 1. The standard InChI is InChI=1S/C24H45N3O5/c1-4-5-6-7-8-9-10-11-12-13-14-15-22(29)27-20(18-21(25)28)24(31)26-19(2)16-17-23(30)32-3/h19-20H,4-18H2,1-3H3,(H2,25,28)(H,26,31)(H,27,29). The molecule has 0 aromatic heterocycles. The topological polar surface area (TPSA) is 128 Å². The molecular formula is C24H45N3O5. The van der Waals surface area contributed by atoms with Crippen molar-refractivity contribution in [2.45, 2.75) is 122 Å². The van der Waals surface area contributed by atoms with E-state index in [0.29, 0.717) is 12.8 Å². The first-order valence-electron chi connectivity index (χ1n) is 12.2. The first-order valence-corrected chi connectivity index (χ1v) is 12.2. The van der Waals surface area contributed by atoms with Gasteiger partial charge in [-0.25, -0.2) is 0 Å². The Balaban J connectivity index is 4.11. The van der Waals surface area contributed by atoms with E-state index in [1.54, 1.807) is 6.92 Å². The molecule has 0 fully saturated rings. The molecule has 0 aromatic rings. The molecule has 8 nitrogen and oxygen atoms in total.